The number of rotatable bonds is 3. The van der Waals surface area contributed by atoms with E-state index >= 15 is 0 Å². The summed E-state index contributed by atoms with van der Waals surface area (Å²) in [5.41, 5.74) is 2.05. The number of benzene rings is 2. The van der Waals surface area contributed by atoms with Gasteiger partial charge < -0.3 is 5.32 Å². The molecule has 1 aromatic heterocycles. The highest BCUT2D eigenvalue weighted by Crippen LogP contribution is 2.26. The smallest absolute Gasteiger partial charge is 0.308 e. The molecule has 3 rings (SSSR count). The van der Waals surface area contributed by atoms with E-state index in [1.165, 1.54) is 24.3 Å². The third-order valence-corrected chi connectivity index (χ3v) is 3.82. The molecule has 0 unspecified atom stereocenters. The maximum Gasteiger partial charge on any atom is 0.324 e. The number of para-hydroxylation sites is 1. The van der Waals surface area contributed by atoms with Gasteiger partial charge in [0, 0.05) is 17.2 Å². The molecule has 3 aromatic rings. The zero-order valence-electron chi connectivity index (χ0n) is 15.0. The minimum atomic E-state index is -0.422. The number of hydrogen-bond acceptors (Lipinski definition) is 2. The predicted octanol–water partition coefficient (Wildman–Crippen LogP) is 4.95. The van der Waals surface area contributed by atoms with Crippen LogP contribution in [0, 0.1) is 5.82 Å². The Kier molecular flexibility index (Phi) is 4.75. The summed E-state index contributed by atoms with van der Waals surface area (Å²) in [6.45, 7) is 6.19. The number of urea groups is 1. The normalized spacial score (nSPS) is 11.2. The fraction of sp³-hybridized carbons (Fsp3) is 0.200. The van der Waals surface area contributed by atoms with Gasteiger partial charge in [-0.2, -0.15) is 5.10 Å². The average molecular weight is 352 g/mol. The number of halogens is 1. The van der Waals surface area contributed by atoms with Crippen molar-refractivity contribution in [3.05, 3.63) is 72.2 Å². The lowest BCUT2D eigenvalue weighted by Crippen LogP contribution is -2.21. The number of nitrogens with one attached hydrogen (secondary N) is 2. The second-order valence-electron chi connectivity index (χ2n) is 7.00. The predicted molar refractivity (Wildman–Crippen MR) is 101 cm³/mol. The van der Waals surface area contributed by atoms with Crippen molar-refractivity contribution in [1.29, 1.82) is 0 Å². The third-order valence-electron chi connectivity index (χ3n) is 3.82. The highest BCUT2D eigenvalue weighted by Gasteiger charge is 2.21. The van der Waals surface area contributed by atoms with Gasteiger partial charge >= 0.3 is 6.03 Å². The van der Waals surface area contributed by atoms with Crippen LogP contribution in [-0.2, 0) is 5.41 Å². The van der Waals surface area contributed by atoms with Gasteiger partial charge in [0.25, 0.3) is 0 Å². The van der Waals surface area contributed by atoms with E-state index in [-0.39, 0.29) is 11.2 Å². The van der Waals surface area contributed by atoms with Crippen molar-refractivity contribution in [3.63, 3.8) is 0 Å². The molecule has 0 spiro atoms. The highest BCUT2D eigenvalue weighted by atomic mass is 19.1. The van der Waals surface area contributed by atoms with E-state index < -0.39 is 6.03 Å². The first kappa shape index (κ1) is 17.7. The zero-order valence-corrected chi connectivity index (χ0v) is 15.0. The van der Waals surface area contributed by atoms with Gasteiger partial charge in [0.2, 0.25) is 0 Å². The number of carbonyl (C=O) groups excluding carboxylic acids is 1. The van der Waals surface area contributed by atoms with Gasteiger partial charge in [-0.1, -0.05) is 39.0 Å². The molecule has 2 amide bonds. The molecule has 0 bridgehead atoms. The molecular weight excluding hydrogens is 331 g/mol. The van der Waals surface area contributed by atoms with E-state index in [0.29, 0.717) is 11.5 Å². The first-order valence-electron chi connectivity index (χ1n) is 8.32. The molecule has 0 aliphatic heterocycles. The molecule has 1 heterocycles. The highest BCUT2D eigenvalue weighted by molar-refractivity contribution is 5.99. The van der Waals surface area contributed by atoms with Crippen molar-refractivity contribution < 1.29 is 9.18 Å². The van der Waals surface area contributed by atoms with Gasteiger partial charge in [-0.05, 0) is 36.4 Å². The number of anilines is 2. The van der Waals surface area contributed by atoms with Crippen molar-refractivity contribution in [1.82, 2.24) is 9.78 Å². The molecule has 26 heavy (non-hydrogen) atoms. The molecule has 0 saturated carbocycles. The van der Waals surface area contributed by atoms with E-state index in [1.807, 2.05) is 36.4 Å². The van der Waals surface area contributed by atoms with Crippen LogP contribution in [0.25, 0.3) is 5.69 Å². The zero-order chi connectivity index (χ0) is 18.7. The van der Waals surface area contributed by atoms with Crippen molar-refractivity contribution in [2.45, 2.75) is 26.2 Å². The Hall–Kier alpha value is -3.15. The molecule has 0 saturated heterocycles. The van der Waals surface area contributed by atoms with E-state index in [0.717, 1.165) is 11.4 Å². The second kappa shape index (κ2) is 7.00. The van der Waals surface area contributed by atoms with E-state index in [1.54, 1.807) is 4.68 Å². The molecule has 134 valence electrons. The molecule has 6 heteroatoms. The van der Waals surface area contributed by atoms with Gasteiger partial charge in [-0.15, -0.1) is 0 Å². The lowest BCUT2D eigenvalue weighted by molar-refractivity contribution is 0.262. The summed E-state index contributed by atoms with van der Waals surface area (Å²) in [7, 11) is 0. The fourth-order valence-corrected chi connectivity index (χ4v) is 2.41. The summed E-state index contributed by atoms with van der Waals surface area (Å²) in [6, 6.07) is 16.6. The standard InChI is InChI=1S/C20H21FN4O/c1-20(2,3)17-13-18(25(24-17)16-7-5-4-6-8-16)23-19(26)22-15-11-9-14(21)10-12-15/h4-13H,1-3H3,(H2,22,23,26). The molecule has 0 aliphatic carbocycles. The molecule has 0 atom stereocenters. The van der Waals surface area contributed by atoms with Gasteiger partial charge in [0.15, 0.2) is 0 Å². The maximum atomic E-state index is 13.0. The summed E-state index contributed by atoms with van der Waals surface area (Å²) in [5, 5.41) is 10.2. The van der Waals surface area contributed by atoms with Crippen molar-refractivity contribution in [2.75, 3.05) is 10.6 Å². The molecule has 2 aromatic carbocycles. The Labute approximate surface area is 151 Å². The van der Waals surface area contributed by atoms with Crippen LogP contribution in [0.4, 0.5) is 20.7 Å². The molecule has 0 fully saturated rings. The number of aromatic nitrogens is 2. The van der Waals surface area contributed by atoms with Crippen molar-refractivity contribution in [2.24, 2.45) is 0 Å². The first-order valence-corrected chi connectivity index (χ1v) is 8.32. The quantitative estimate of drug-likeness (QED) is 0.700. The largest absolute Gasteiger partial charge is 0.324 e. The van der Waals surface area contributed by atoms with Crippen LogP contribution in [0.5, 0.6) is 0 Å². The van der Waals surface area contributed by atoms with Crippen LogP contribution in [-0.4, -0.2) is 15.8 Å². The number of amides is 2. The molecule has 0 aliphatic rings. The summed E-state index contributed by atoms with van der Waals surface area (Å²) >= 11 is 0. The van der Waals surface area contributed by atoms with E-state index in [2.05, 4.69) is 36.5 Å². The Bertz CT molecular complexity index is 896. The Morgan fingerprint density at radius 3 is 2.27 bits per heavy atom. The Balaban J connectivity index is 1.87. The minimum absolute atomic E-state index is 0.163. The molecule has 0 radical (unpaired) electrons. The monoisotopic (exact) mass is 352 g/mol. The van der Waals surface area contributed by atoms with Crippen LogP contribution in [0.15, 0.2) is 60.7 Å². The topological polar surface area (TPSA) is 59.0 Å². The van der Waals surface area contributed by atoms with Gasteiger partial charge in [-0.3, -0.25) is 5.32 Å². The number of hydrogen-bond donors (Lipinski definition) is 2. The van der Waals surface area contributed by atoms with Gasteiger partial charge in [0.05, 0.1) is 11.4 Å². The van der Waals surface area contributed by atoms with Crippen LogP contribution >= 0.6 is 0 Å². The number of nitrogens with zero attached hydrogens (tertiary/aromatic N) is 2. The average Bonchev–Trinajstić information content (AvgIpc) is 3.02. The summed E-state index contributed by atoms with van der Waals surface area (Å²) < 4.78 is 14.7. The van der Waals surface area contributed by atoms with Gasteiger partial charge in [-0.25, -0.2) is 13.9 Å². The van der Waals surface area contributed by atoms with Gasteiger partial charge in [0.1, 0.15) is 11.6 Å². The second-order valence-corrected chi connectivity index (χ2v) is 7.00. The van der Waals surface area contributed by atoms with E-state index in [9.17, 15) is 9.18 Å². The van der Waals surface area contributed by atoms with Crippen LogP contribution in [0.3, 0.4) is 0 Å². The first-order chi connectivity index (χ1) is 12.3. The third kappa shape index (κ3) is 4.08. The van der Waals surface area contributed by atoms with Crippen molar-refractivity contribution >= 4 is 17.5 Å². The van der Waals surface area contributed by atoms with E-state index in [4.69, 9.17) is 0 Å². The SMILES string of the molecule is CC(C)(C)c1cc(NC(=O)Nc2ccc(F)cc2)n(-c2ccccc2)n1. The Morgan fingerprint density at radius 1 is 1.00 bits per heavy atom. The maximum absolute atomic E-state index is 13.0. The fourth-order valence-electron chi connectivity index (χ4n) is 2.41. The Morgan fingerprint density at radius 2 is 1.65 bits per heavy atom. The molecular formula is C20H21FN4O. The summed E-state index contributed by atoms with van der Waals surface area (Å²) in [4.78, 5) is 12.4. The molecule has 2 N–H and O–H groups in total. The van der Waals surface area contributed by atoms with Crippen molar-refractivity contribution in [3.8, 4) is 5.69 Å². The van der Waals surface area contributed by atoms with Crippen LogP contribution < -0.4 is 10.6 Å². The number of carbonyl (C=O) groups is 1. The lowest BCUT2D eigenvalue weighted by Gasteiger charge is -2.14. The minimum Gasteiger partial charge on any atom is -0.308 e. The lowest BCUT2D eigenvalue weighted by atomic mass is 9.92. The van der Waals surface area contributed by atoms with Crippen LogP contribution in [0.2, 0.25) is 0 Å². The summed E-state index contributed by atoms with van der Waals surface area (Å²) in [5.74, 6) is 0.202. The molecule has 5 nitrogen and oxygen atoms in total. The summed E-state index contributed by atoms with van der Waals surface area (Å²) in [6.07, 6.45) is 0. The van der Waals surface area contributed by atoms with Crippen LogP contribution in [0.1, 0.15) is 26.5 Å².